The molecule has 0 aliphatic heterocycles. The molecule has 0 spiro atoms. The van der Waals surface area contributed by atoms with Crippen molar-refractivity contribution in [1.82, 2.24) is 15.5 Å². The molecule has 0 saturated carbocycles. The topological polar surface area (TPSA) is 81.2 Å². The zero-order chi connectivity index (χ0) is 13.5. The lowest BCUT2D eigenvalue weighted by Crippen LogP contribution is -2.24. The zero-order valence-corrected chi connectivity index (χ0v) is 11.7. The van der Waals surface area contributed by atoms with Crippen LogP contribution in [-0.4, -0.2) is 34.6 Å². The van der Waals surface area contributed by atoms with E-state index in [1.54, 1.807) is 6.92 Å². The third kappa shape index (κ3) is 5.28. The second kappa shape index (κ2) is 7.12. The highest BCUT2D eigenvalue weighted by Gasteiger charge is 2.09. The van der Waals surface area contributed by atoms with Crippen molar-refractivity contribution in [2.45, 2.75) is 18.2 Å². The monoisotopic (exact) mass is 287 g/mol. The van der Waals surface area contributed by atoms with Gasteiger partial charge in [-0.25, -0.2) is 4.79 Å². The van der Waals surface area contributed by atoms with Gasteiger partial charge in [-0.1, -0.05) is 17.9 Å². The van der Waals surface area contributed by atoms with Crippen LogP contribution in [0.15, 0.2) is 16.5 Å². The lowest BCUT2D eigenvalue weighted by Gasteiger charge is -2.04. The number of nitrogens with zero attached hydrogens (tertiary/aromatic N) is 2. The van der Waals surface area contributed by atoms with E-state index in [0.717, 1.165) is 16.8 Å². The van der Waals surface area contributed by atoms with Gasteiger partial charge >= 0.3 is 5.97 Å². The Labute approximate surface area is 113 Å². The minimum Gasteiger partial charge on any atom is -0.460 e. The van der Waals surface area contributed by atoms with Gasteiger partial charge in [-0.3, -0.25) is 4.79 Å². The van der Waals surface area contributed by atoms with Crippen LogP contribution in [-0.2, 0) is 9.53 Å². The molecule has 18 heavy (non-hydrogen) atoms. The summed E-state index contributed by atoms with van der Waals surface area (Å²) in [6, 6.07) is 0. The summed E-state index contributed by atoms with van der Waals surface area (Å²) in [4.78, 5) is 22.5. The standard InChI is InChI=1S/C10H13N3O3S2/c1-6(2)8(14)16-5-4-11-9(15)18-10-13-12-7(3)17-10/h1,4-5H2,2-3H3,(H,11,15). The van der Waals surface area contributed by atoms with Gasteiger partial charge in [-0.15, -0.1) is 10.2 Å². The summed E-state index contributed by atoms with van der Waals surface area (Å²) in [6.45, 7) is 7.20. The SMILES string of the molecule is C=C(C)C(=O)OCCNC(=O)Sc1nnc(C)s1. The molecular weight excluding hydrogens is 274 g/mol. The Hall–Kier alpha value is -1.41. The number of carbonyl (C=O) groups excluding carboxylic acids is 2. The van der Waals surface area contributed by atoms with E-state index in [1.165, 1.54) is 11.3 Å². The number of aromatic nitrogens is 2. The van der Waals surface area contributed by atoms with E-state index < -0.39 is 5.97 Å². The van der Waals surface area contributed by atoms with Gasteiger partial charge in [0.2, 0.25) is 0 Å². The molecule has 1 aromatic rings. The Kier molecular flexibility index (Phi) is 5.79. The number of hydrogen-bond donors (Lipinski definition) is 1. The zero-order valence-electron chi connectivity index (χ0n) is 10.1. The summed E-state index contributed by atoms with van der Waals surface area (Å²) in [5.41, 5.74) is 0.333. The van der Waals surface area contributed by atoms with Crippen molar-refractivity contribution < 1.29 is 14.3 Å². The summed E-state index contributed by atoms with van der Waals surface area (Å²) < 4.78 is 5.41. The van der Waals surface area contributed by atoms with Crippen LogP contribution in [0, 0.1) is 6.92 Å². The average Bonchev–Trinajstić information content (AvgIpc) is 2.69. The van der Waals surface area contributed by atoms with Gasteiger partial charge in [0.05, 0.1) is 6.54 Å². The van der Waals surface area contributed by atoms with E-state index in [9.17, 15) is 9.59 Å². The molecule has 0 fully saturated rings. The van der Waals surface area contributed by atoms with Gasteiger partial charge in [-0.2, -0.15) is 0 Å². The molecule has 0 unspecified atom stereocenters. The molecule has 0 bridgehead atoms. The summed E-state index contributed by atoms with van der Waals surface area (Å²) in [5.74, 6) is -0.461. The largest absolute Gasteiger partial charge is 0.460 e. The number of thioether (sulfide) groups is 1. The molecule has 0 saturated heterocycles. The van der Waals surface area contributed by atoms with E-state index in [2.05, 4.69) is 22.1 Å². The van der Waals surface area contributed by atoms with Crippen LogP contribution in [0.4, 0.5) is 4.79 Å². The van der Waals surface area contributed by atoms with E-state index in [-0.39, 0.29) is 18.4 Å². The van der Waals surface area contributed by atoms with Crippen LogP contribution in [0.3, 0.4) is 0 Å². The fourth-order valence-electron chi connectivity index (χ4n) is 0.855. The van der Waals surface area contributed by atoms with Crippen molar-refractivity contribution in [2.75, 3.05) is 13.2 Å². The quantitative estimate of drug-likeness (QED) is 0.385. The fourth-order valence-corrected chi connectivity index (χ4v) is 2.44. The predicted octanol–water partition coefficient (Wildman–Crippen LogP) is 1.77. The Morgan fingerprint density at radius 3 is 2.78 bits per heavy atom. The van der Waals surface area contributed by atoms with E-state index in [4.69, 9.17) is 4.74 Å². The molecule has 1 aromatic heterocycles. The first-order valence-electron chi connectivity index (χ1n) is 5.07. The van der Waals surface area contributed by atoms with Crippen LogP contribution in [0.5, 0.6) is 0 Å². The third-order valence-electron chi connectivity index (χ3n) is 1.64. The van der Waals surface area contributed by atoms with Gasteiger partial charge in [-0.05, 0) is 13.8 Å². The normalized spacial score (nSPS) is 9.89. The summed E-state index contributed by atoms with van der Waals surface area (Å²) in [7, 11) is 0. The van der Waals surface area contributed by atoms with E-state index in [0.29, 0.717) is 9.91 Å². The molecule has 6 nitrogen and oxygen atoms in total. The molecule has 8 heteroatoms. The summed E-state index contributed by atoms with van der Waals surface area (Å²) in [6.07, 6.45) is 0. The van der Waals surface area contributed by atoms with Crippen LogP contribution in [0.1, 0.15) is 11.9 Å². The lowest BCUT2D eigenvalue weighted by molar-refractivity contribution is -0.138. The smallest absolute Gasteiger partial charge is 0.333 e. The Morgan fingerprint density at radius 1 is 1.50 bits per heavy atom. The third-order valence-corrected chi connectivity index (χ3v) is 3.36. The maximum absolute atomic E-state index is 11.4. The predicted molar refractivity (Wildman–Crippen MR) is 69.7 cm³/mol. The molecule has 0 radical (unpaired) electrons. The molecule has 0 aromatic carbocycles. The van der Waals surface area contributed by atoms with Crippen molar-refractivity contribution in [1.29, 1.82) is 0 Å². The number of esters is 1. The Bertz CT molecular complexity index is 459. The molecule has 0 atom stereocenters. The Morgan fingerprint density at radius 2 is 2.22 bits per heavy atom. The summed E-state index contributed by atoms with van der Waals surface area (Å²) in [5, 5.41) is 10.8. The highest BCUT2D eigenvalue weighted by atomic mass is 32.2. The lowest BCUT2D eigenvalue weighted by atomic mass is 10.4. The second-order valence-electron chi connectivity index (χ2n) is 3.32. The first-order valence-corrected chi connectivity index (χ1v) is 6.70. The van der Waals surface area contributed by atoms with Gasteiger partial charge in [0.25, 0.3) is 5.24 Å². The van der Waals surface area contributed by atoms with Crippen molar-refractivity contribution in [3.8, 4) is 0 Å². The van der Waals surface area contributed by atoms with Crippen molar-refractivity contribution in [3.05, 3.63) is 17.2 Å². The van der Waals surface area contributed by atoms with Gasteiger partial charge in [0.15, 0.2) is 4.34 Å². The van der Waals surface area contributed by atoms with Gasteiger partial charge in [0.1, 0.15) is 11.6 Å². The Balaban J connectivity index is 2.18. The van der Waals surface area contributed by atoms with Crippen LogP contribution >= 0.6 is 23.1 Å². The molecule has 98 valence electrons. The molecule has 1 N–H and O–H groups in total. The minimum absolute atomic E-state index is 0.118. The molecule has 1 amide bonds. The number of nitrogens with one attached hydrogen (secondary N) is 1. The van der Waals surface area contributed by atoms with Crippen LogP contribution in [0.2, 0.25) is 0 Å². The van der Waals surface area contributed by atoms with E-state index >= 15 is 0 Å². The highest BCUT2D eigenvalue weighted by molar-refractivity contribution is 8.14. The molecule has 0 aliphatic carbocycles. The van der Waals surface area contributed by atoms with Crippen LogP contribution in [0.25, 0.3) is 0 Å². The number of aryl methyl sites for hydroxylation is 1. The van der Waals surface area contributed by atoms with Crippen molar-refractivity contribution in [2.24, 2.45) is 0 Å². The van der Waals surface area contributed by atoms with Gasteiger partial charge < -0.3 is 10.1 Å². The minimum atomic E-state index is -0.461. The molecule has 1 rings (SSSR count). The first-order chi connectivity index (χ1) is 8.49. The average molecular weight is 287 g/mol. The molecule has 1 heterocycles. The number of ether oxygens (including phenoxy) is 1. The van der Waals surface area contributed by atoms with Crippen LogP contribution < -0.4 is 5.32 Å². The fraction of sp³-hybridized carbons (Fsp3) is 0.400. The number of amides is 1. The first kappa shape index (κ1) is 14.7. The van der Waals surface area contributed by atoms with Crippen molar-refractivity contribution in [3.63, 3.8) is 0 Å². The molecule has 0 aliphatic rings. The second-order valence-corrected chi connectivity index (χ2v) is 5.72. The maximum Gasteiger partial charge on any atom is 0.333 e. The van der Waals surface area contributed by atoms with E-state index in [1.807, 2.05) is 6.92 Å². The maximum atomic E-state index is 11.4. The summed E-state index contributed by atoms with van der Waals surface area (Å²) >= 11 is 2.31. The van der Waals surface area contributed by atoms with Crippen molar-refractivity contribution >= 4 is 34.3 Å². The van der Waals surface area contributed by atoms with Gasteiger partial charge in [0, 0.05) is 17.3 Å². The molecular formula is C10H13N3O3S2. The highest BCUT2D eigenvalue weighted by Crippen LogP contribution is 2.21. The number of rotatable bonds is 5. The number of hydrogen-bond acceptors (Lipinski definition) is 7. The number of carbonyl (C=O) groups is 2.